The van der Waals surface area contributed by atoms with Gasteiger partial charge in [-0.15, -0.1) is 0 Å². The molecule has 0 aromatic carbocycles. The number of H-pyrrole nitrogens is 1. The van der Waals surface area contributed by atoms with Crippen LogP contribution >= 0.6 is 28.1 Å². The van der Waals surface area contributed by atoms with Crippen LogP contribution in [0.25, 0.3) is 0 Å². The molecule has 1 rings (SSSR count). The van der Waals surface area contributed by atoms with Gasteiger partial charge < -0.3 is 10.1 Å². The standard InChI is InChI=1S/C5H3BrN2O2S/c6-2-1-7-5(11)8-3(2)4(9)10/h1H,(H,9,10)(H,7,8,11). The molecule has 0 radical (unpaired) electrons. The lowest BCUT2D eigenvalue weighted by Crippen LogP contribution is -2.02. The number of aromatic carboxylic acids is 1. The van der Waals surface area contributed by atoms with Crippen molar-refractivity contribution in [3.63, 3.8) is 0 Å². The van der Waals surface area contributed by atoms with Crippen molar-refractivity contribution in [1.29, 1.82) is 0 Å². The normalized spacial score (nSPS) is 9.55. The van der Waals surface area contributed by atoms with Crippen molar-refractivity contribution in [2.75, 3.05) is 0 Å². The average Bonchev–Trinajstić information content (AvgIpc) is 1.94. The van der Waals surface area contributed by atoms with Gasteiger partial charge in [-0.05, 0) is 28.1 Å². The molecule has 0 atom stereocenters. The van der Waals surface area contributed by atoms with Gasteiger partial charge in [0.05, 0.1) is 4.47 Å². The summed E-state index contributed by atoms with van der Waals surface area (Å²) in [6, 6.07) is 0. The van der Waals surface area contributed by atoms with Crippen LogP contribution < -0.4 is 0 Å². The summed E-state index contributed by atoms with van der Waals surface area (Å²) >= 11 is 7.64. The summed E-state index contributed by atoms with van der Waals surface area (Å²) < 4.78 is 0.546. The number of carboxylic acids is 1. The summed E-state index contributed by atoms with van der Waals surface area (Å²) in [5.74, 6) is -1.06. The van der Waals surface area contributed by atoms with Crippen LogP contribution in [0, 0.1) is 4.77 Å². The fraction of sp³-hybridized carbons (Fsp3) is 0. The van der Waals surface area contributed by atoms with E-state index in [0.29, 0.717) is 4.47 Å². The van der Waals surface area contributed by atoms with Gasteiger partial charge >= 0.3 is 5.97 Å². The van der Waals surface area contributed by atoms with Gasteiger partial charge in [0.25, 0.3) is 0 Å². The van der Waals surface area contributed by atoms with Gasteiger partial charge in [0.15, 0.2) is 4.77 Å². The van der Waals surface area contributed by atoms with Crippen LogP contribution in [0.1, 0.15) is 10.5 Å². The smallest absolute Gasteiger partial charge is 0.353 e. The van der Waals surface area contributed by atoms with Gasteiger partial charge in [0.1, 0.15) is 5.69 Å². The second-order valence-electron chi connectivity index (χ2n) is 1.72. The van der Waals surface area contributed by atoms with Gasteiger partial charge in [-0.25, -0.2) is 9.78 Å². The minimum Gasteiger partial charge on any atom is -0.477 e. The van der Waals surface area contributed by atoms with Crippen LogP contribution in [0.3, 0.4) is 0 Å². The molecule has 0 saturated carbocycles. The Morgan fingerprint density at radius 1 is 1.82 bits per heavy atom. The number of halogens is 1. The van der Waals surface area contributed by atoms with E-state index in [9.17, 15) is 4.79 Å². The minimum atomic E-state index is -1.06. The molecule has 0 aliphatic carbocycles. The zero-order chi connectivity index (χ0) is 8.43. The van der Waals surface area contributed by atoms with Crippen LogP contribution in [-0.2, 0) is 0 Å². The van der Waals surface area contributed by atoms with Crippen molar-refractivity contribution in [3.8, 4) is 0 Å². The molecule has 58 valence electrons. The van der Waals surface area contributed by atoms with E-state index in [2.05, 4.69) is 38.1 Å². The van der Waals surface area contributed by atoms with Crippen molar-refractivity contribution in [2.24, 2.45) is 0 Å². The highest BCUT2D eigenvalue weighted by atomic mass is 79.9. The Morgan fingerprint density at radius 3 is 2.91 bits per heavy atom. The molecule has 0 bridgehead atoms. The summed E-state index contributed by atoms with van der Waals surface area (Å²) in [6.45, 7) is 0. The zero-order valence-electron chi connectivity index (χ0n) is 5.17. The average molecular weight is 235 g/mol. The van der Waals surface area contributed by atoms with Gasteiger partial charge in [-0.1, -0.05) is 0 Å². The summed E-state index contributed by atoms with van der Waals surface area (Å²) in [4.78, 5) is 16.5. The molecule has 4 nitrogen and oxygen atoms in total. The number of nitrogens with one attached hydrogen (secondary N) is 1. The third kappa shape index (κ3) is 1.84. The molecule has 2 N–H and O–H groups in total. The highest BCUT2D eigenvalue weighted by molar-refractivity contribution is 9.10. The maximum absolute atomic E-state index is 10.4. The lowest BCUT2D eigenvalue weighted by atomic mass is 10.4. The van der Waals surface area contributed by atoms with Crippen molar-refractivity contribution < 1.29 is 9.90 Å². The molecule has 0 aliphatic heterocycles. The van der Waals surface area contributed by atoms with Crippen molar-refractivity contribution in [1.82, 2.24) is 9.97 Å². The van der Waals surface area contributed by atoms with E-state index >= 15 is 0 Å². The van der Waals surface area contributed by atoms with Crippen LogP contribution in [0.2, 0.25) is 0 Å². The Balaban J connectivity index is 3.35. The predicted octanol–water partition coefficient (Wildman–Crippen LogP) is 1.60. The van der Waals surface area contributed by atoms with Gasteiger partial charge in [0, 0.05) is 6.20 Å². The second kappa shape index (κ2) is 3.10. The number of aromatic amines is 1. The quantitative estimate of drug-likeness (QED) is 0.725. The molecule has 0 aliphatic rings. The lowest BCUT2D eigenvalue weighted by molar-refractivity contribution is 0.0689. The van der Waals surface area contributed by atoms with Gasteiger partial charge in [0.2, 0.25) is 0 Å². The van der Waals surface area contributed by atoms with Crippen molar-refractivity contribution in [2.45, 2.75) is 0 Å². The first kappa shape index (κ1) is 8.35. The first-order valence-electron chi connectivity index (χ1n) is 2.59. The summed E-state index contributed by atoms with van der Waals surface area (Å²) in [5, 5.41) is 8.55. The maximum atomic E-state index is 10.4. The fourth-order valence-electron chi connectivity index (χ4n) is 0.534. The zero-order valence-corrected chi connectivity index (χ0v) is 7.57. The lowest BCUT2D eigenvalue weighted by Gasteiger charge is -1.95. The Bertz CT molecular complexity index is 349. The Hall–Kier alpha value is -0.750. The van der Waals surface area contributed by atoms with Crippen LogP contribution in [0.5, 0.6) is 0 Å². The van der Waals surface area contributed by atoms with Gasteiger partial charge in [-0.3, -0.25) is 0 Å². The number of nitrogens with zero attached hydrogens (tertiary/aromatic N) is 1. The number of rotatable bonds is 1. The molecule has 0 amide bonds. The maximum Gasteiger partial charge on any atom is 0.353 e. The molecule has 1 aromatic rings. The molecule has 1 aromatic heterocycles. The molecule has 0 spiro atoms. The first-order chi connectivity index (χ1) is 5.11. The van der Waals surface area contributed by atoms with E-state index in [1.165, 1.54) is 6.20 Å². The van der Waals surface area contributed by atoms with Gasteiger partial charge in [-0.2, -0.15) is 0 Å². The highest BCUT2D eigenvalue weighted by Crippen LogP contribution is 2.11. The summed E-state index contributed by atoms with van der Waals surface area (Å²) in [7, 11) is 0. The molecule has 0 saturated heterocycles. The van der Waals surface area contributed by atoms with Crippen LogP contribution in [0.15, 0.2) is 10.7 Å². The Kier molecular flexibility index (Phi) is 2.35. The first-order valence-corrected chi connectivity index (χ1v) is 3.79. The molecule has 0 unspecified atom stereocenters. The molecule has 1 heterocycles. The molecule has 11 heavy (non-hydrogen) atoms. The predicted molar refractivity (Wildman–Crippen MR) is 44.1 cm³/mol. The molecular formula is C5H3BrN2O2S. The molecule has 0 fully saturated rings. The SMILES string of the molecule is O=C(O)c1[nH]c(=S)ncc1Br. The van der Waals surface area contributed by atoms with Crippen LogP contribution in [0.4, 0.5) is 0 Å². The topological polar surface area (TPSA) is 66.0 Å². The monoisotopic (exact) mass is 234 g/mol. The molecular weight excluding hydrogens is 232 g/mol. The Morgan fingerprint density at radius 2 is 2.45 bits per heavy atom. The minimum absolute atomic E-state index is 0.0185. The Labute approximate surface area is 75.4 Å². The largest absolute Gasteiger partial charge is 0.477 e. The number of carbonyl (C=O) groups is 1. The van der Waals surface area contributed by atoms with Crippen molar-refractivity contribution >= 4 is 34.1 Å². The van der Waals surface area contributed by atoms with E-state index in [1.807, 2.05) is 0 Å². The molecule has 6 heteroatoms. The number of carboxylic acid groups (broad SMARTS) is 1. The van der Waals surface area contributed by atoms with Crippen molar-refractivity contribution in [3.05, 3.63) is 21.1 Å². The number of hydrogen-bond donors (Lipinski definition) is 2. The van der Waals surface area contributed by atoms with E-state index in [4.69, 9.17) is 5.11 Å². The fourth-order valence-corrected chi connectivity index (χ4v) is 1.06. The summed E-state index contributed by atoms with van der Waals surface area (Å²) in [5.41, 5.74) is 0.0185. The van der Waals surface area contributed by atoms with E-state index in [-0.39, 0.29) is 10.5 Å². The van der Waals surface area contributed by atoms with E-state index in [1.54, 1.807) is 0 Å². The second-order valence-corrected chi connectivity index (χ2v) is 2.96. The summed E-state index contributed by atoms with van der Waals surface area (Å²) in [6.07, 6.45) is 1.35. The number of aromatic nitrogens is 2. The number of hydrogen-bond acceptors (Lipinski definition) is 3. The van der Waals surface area contributed by atoms with E-state index < -0.39 is 5.97 Å². The third-order valence-corrected chi connectivity index (χ3v) is 1.79. The highest BCUT2D eigenvalue weighted by Gasteiger charge is 2.07. The third-order valence-electron chi connectivity index (χ3n) is 0.980. The van der Waals surface area contributed by atoms with Crippen LogP contribution in [-0.4, -0.2) is 21.0 Å². The van der Waals surface area contributed by atoms with E-state index in [0.717, 1.165) is 0 Å².